The summed E-state index contributed by atoms with van der Waals surface area (Å²) in [6, 6.07) is 2.94. The van der Waals surface area contributed by atoms with Gasteiger partial charge in [0, 0.05) is 18.7 Å². The SMILES string of the molecule is Cl.O=[N+]([O-])c1ccc(O[C@H]2CCCNC2)nc1. The van der Waals surface area contributed by atoms with Crippen LogP contribution in [0.2, 0.25) is 0 Å². The van der Waals surface area contributed by atoms with Gasteiger partial charge in [0.15, 0.2) is 0 Å². The van der Waals surface area contributed by atoms with Gasteiger partial charge >= 0.3 is 0 Å². The number of hydrogen-bond donors (Lipinski definition) is 1. The topological polar surface area (TPSA) is 77.3 Å². The Kier molecular flexibility index (Phi) is 5.11. The van der Waals surface area contributed by atoms with Gasteiger partial charge in [-0.15, -0.1) is 12.4 Å². The van der Waals surface area contributed by atoms with Crippen LogP contribution in [0.4, 0.5) is 5.69 Å². The van der Waals surface area contributed by atoms with Gasteiger partial charge in [-0.2, -0.15) is 0 Å². The zero-order chi connectivity index (χ0) is 11.4. The quantitative estimate of drug-likeness (QED) is 0.658. The zero-order valence-corrected chi connectivity index (χ0v) is 9.98. The van der Waals surface area contributed by atoms with Gasteiger partial charge in [-0.25, -0.2) is 4.98 Å². The van der Waals surface area contributed by atoms with Crippen molar-refractivity contribution in [1.29, 1.82) is 0 Å². The molecule has 0 unspecified atom stereocenters. The summed E-state index contributed by atoms with van der Waals surface area (Å²) in [5.74, 6) is 0.444. The zero-order valence-electron chi connectivity index (χ0n) is 9.17. The van der Waals surface area contributed by atoms with Crippen LogP contribution in [0.25, 0.3) is 0 Å². The second-order valence-corrected chi connectivity index (χ2v) is 3.70. The van der Waals surface area contributed by atoms with Crippen molar-refractivity contribution in [3.63, 3.8) is 0 Å². The summed E-state index contributed by atoms with van der Waals surface area (Å²) < 4.78 is 5.59. The summed E-state index contributed by atoms with van der Waals surface area (Å²) in [7, 11) is 0. The number of hydrogen-bond acceptors (Lipinski definition) is 5. The molecule has 2 rings (SSSR count). The molecule has 17 heavy (non-hydrogen) atoms. The molecule has 0 radical (unpaired) electrons. The molecule has 0 aliphatic carbocycles. The van der Waals surface area contributed by atoms with Crippen molar-refractivity contribution in [2.45, 2.75) is 18.9 Å². The molecule has 1 aliphatic rings. The molecule has 94 valence electrons. The standard InChI is InChI=1S/C10H13N3O3.ClH/c14-13(15)8-3-4-10(12-6-8)16-9-2-1-5-11-7-9;/h3-4,6,9,11H,1-2,5,7H2;1H/t9-;/m0./s1. The van der Waals surface area contributed by atoms with Crippen molar-refractivity contribution < 1.29 is 9.66 Å². The van der Waals surface area contributed by atoms with E-state index in [9.17, 15) is 10.1 Å². The van der Waals surface area contributed by atoms with Crippen molar-refractivity contribution in [1.82, 2.24) is 10.3 Å². The molecule has 1 fully saturated rings. The summed E-state index contributed by atoms with van der Waals surface area (Å²) in [4.78, 5) is 13.8. The monoisotopic (exact) mass is 259 g/mol. The number of halogens is 1. The van der Waals surface area contributed by atoms with Crippen molar-refractivity contribution in [2.75, 3.05) is 13.1 Å². The molecule has 1 N–H and O–H groups in total. The normalized spacial score (nSPS) is 19.2. The molecule has 0 bridgehead atoms. The highest BCUT2D eigenvalue weighted by Gasteiger charge is 2.15. The molecule has 2 heterocycles. The third-order valence-corrected chi connectivity index (χ3v) is 2.47. The molecule has 1 aliphatic heterocycles. The van der Waals surface area contributed by atoms with Crippen molar-refractivity contribution in [3.8, 4) is 5.88 Å². The van der Waals surface area contributed by atoms with E-state index < -0.39 is 4.92 Å². The van der Waals surface area contributed by atoms with Crippen LogP contribution >= 0.6 is 12.4 Å². The molecule has 0 saturated carbocycles. The van der Waals surface area contributed by atoms with Gasteiger partial charge in [0.05, 0.1) is 4.92 Å². The van der Waals surface area contributed by atoms with Gasteiger partial charge in [-0.3, -0.25) is 10.1 Å². The maximum atomic E-state index is 10.4. The van der Waals surface area contributed by atoms with Gasteiger partial charge in [-0.05, 0) is 19.4 Å². The molecule has 1 aromatic heterocycles. The Balaban J connectivity index is 0.00000144. The molecule has 7 heteroatoms. The average Bonchev–Trinajstić information content (AvgIpc) is 2.31. The highest BCUT2D eigenvalue weighted by Crippen LogP contribution is 2.16. The van der Waals surface area contributed by atoms with E-state index in [0.717, 1.165) is 25.9 Å². The molecule has 6 nitrogen and oxygen atoms in total. The summed E-state index contributed by atoms with van der Waals surface area (Å²) in [6.07, 6.45) is 3.40. The lowest BCUT2D eigenvalue weighted by atomic mass is 10.1. The number of nitro groups is 1. The van der Waals surface area contributed by atoms with E-state index in [0.29, 0.717) is 5.88 Å². The number of piperidine rings is 1. The maximum Gasteiger partial charge on any atom is 0.287 e. The second kappa shape index (κ2) is 6.36. The molecule has 0 amide bonds. The predicted molar refractivity (Wildman–Crippen MR) is 64.7 cm³/mol. The van der Waals surface area contributed by atoms with E-state index in [-0.39, 0.29) is 24.2 Å². The molecule has 1 saturated heterocycles. The minimum absolute atomic E-state index is 0. The Morgan fingerprint density at radius 3 is 2.88 bits per heavy atom. The minimum Gasteiger partial charge on any atom is -0.473 e. The van der Waals surface area contributed by atoms with Gasteiger partial charge in [0.2, 0.25) is 5.88 Å². The molecular formula is C10H14ClN3O3. The van der Waals surface area contributed by atoms with E-state index in [1.54, 1.807) is 0 Å². The third kappa shape index (κ3) is 3.83. The highest BCUT2D eigenvalue weighted by atomic mass is 35.5. The van der Waals surface area contributed by atoms with E-state index >= 15 is 0 Å². The first-order valence-corrected chi connectivity index (χ1v) is 5.23. The Morgan fingerprint density at radius 1 is 1.53 bits per heavy atom. The van der Waals surface area contributed by atoms with Gasteiger partial charge in [-0.1, -0.05) is 0 Å². The van der Waals surface area contributed by atoms with Crippen LogP contribution in [0, 0.1) is 10.1 Å². The fraction of sp³-hybridized carbons (Fsp3) is 0.500. The molecular weight excluding hydrogens is 246 g/mol. The first kappa shape index (κ1) is 13.7. The number of pyridine rings is 1. The van der Waals surface area contributed by atoms with E-state index in [4.69, 9.17) is 4.74 Å². The number of ether oxygens (including phenoxy) is 1. The molecule has 1 aromatic rings. The summed E-state index contributed by atoms with van der Waals surface area (Å²) in [6.45, 7) is 1.83. The number of nitrogens with one attached hydrogen (secondary N) is 1. The third-order valence-electron chi connectivity index (χ3n) is 2.47. The Hall–Kier alpha value is -1.40. The smallest absolute Gasteiger partial charge is 0.287 e. The van der Waals surface area contributed by atoms with Crippen LogP contribution in [0.1, 0.15) is 12.8 Å². The van der Waals surface area contributed by atoms with Crippen LogP contribution in [-0.2, 0) is 0 Å². The molecule has 1 atom stereocenters. The number of rotatable bonds is 3. The number of nitrogens with zero attached hydrogens (tertiary/aromatic N) is 2. The highest BCUT2D eigenvalue weighted by molar-refractivity contribution is 5.85. The Bertz CT molecular complexity index is 366. The van der Waals surface area contributed by atoms with Crippen LogP contribution < -0.4 is 10.1 Å². The Labute approximate surface area is 105 Å². The fourth-order valence-electron chi connectivity index (χ4n) is 1.64. The van der Waals surface area contributed by atoms with Crippen LogP contribution in [0.3, 0.4) is 0 Å². The summed E-state index contributed by atoms with van der Waals surface area (Å²) in [5, 5.41) is 13.6. The lowest BCUT2D eigenvalue weighted by Crippen LogP contribution is -2.37. The maximum absolute atomic E-state index is 10.4. The lowest BCUT2D eigenvalue weighted by molar-refractivity contribution is -0.385. The molecule has 0 spiro atoms. The van der Waals surface area contributed by atoms with E-state index in [1.807, 2.05) is 0 Å². The van der Waals surface area contributed by atoms with Gasteiger partial charge in [0.1, 0.15) is 12.3 Å². The van der Waals surface area contributed by atoms with Crippen LogP contribution in [0.5, 0.6) is 5.88 Å². The molecule has 0 aromatic carbocycles. The van der Waals surface area contributed by atoms with Crippen LogP contribution in [0.15, 0.2) is 18.3 Å². The van der Waals surface area contributed by atoms with E-state index in [2.05, 4.69) is 10.3 Å². The van der Waals surface area contributed by atoms with E-state index in [1.165, 1.54) is 18.3 Å². The summed E-state index contributed by atoms with van der Waals surface area (Å²) >= 11 is 0. The predicted octanol–water partition coefficient (Wildman–Crippen LogP) is 1.54. The fourth-order valence-corrected chi connectivity index (χ4v) is 1.64. The first-order chi connectivity index (χ1) is 7.75. The number of aromatic nitrogens is 1. The van der Waals surface area contributed by atoms with Crippen molar-refractivity contribution >= 4 is 18.1 Å². The average molecular weight is 260 g/mol. The lowest BCUT2D eigenvalue weighted by Gasteiger charge is -2.23. The minimum atomic E-state index is -0.473. The van der Waals surface area contributed by atoms with Gasteiger partial charge < -0.3 is 10.1 Å². The van der Waals surface area contributed by atoms with Crippen molar-refractivity contribution in [3.05, 3.63) is 28.4 Å². The van der Waals surface area contributed by atoms with Crippen LogP contribution in [-0.4, -0.2) is 29.1 Å². The second-order valence-electron chi connectivity index (χ2n) is 3.70. The first-order valence-electron chi connectivity index (χ1n) is 5.23. The Morgan fingerprint density at radius 2 is 2.35 bits per heavy atom. The van der Waals surface area contributed by atoms with Crippen molar-refractivity contribution in [2.24, 2.45) is 0 Å². The summed E-state index contributed by atoms with van der Waals surface area (Å²) in [5.41, 5.74) is -0.0193. The largest absolute Gasteiger partial charge is 0.473 e. The van der Waals surface area contributed by atoms with Gasteiger partial charge in [0.25, 0.3) is 5.69 Å².